The van der Waals surface area contributed by atoms with Gasteiger partial charge in [0.1, 0.15) is 6.61 Å². The molecule has 3 N–H and O–H groups in total. The number of nitrogen functional groups attached to an aromatic ring is 1. The number of hydrogen-bond donors (Lipinski definition) is 2. The minimum absolute atomic E-state index is 0.0355. The number of rotatable bonds is 4. The molecule has 0 aliphatic heterocycles. The summed E-state index contributed by atoms with van der Waals surface area (Å²) in [7, 11) is 0. The topological polar surface area (TPSA) is 72.5 Å². The van der Waals surface area contributed by atoms with E-state index in [9.17, 15) is 4.79 Å². The van der Waals surface area contributed by atoms with Crippen LogP contribution >= 0.6 is 0 Å². The van der Waals surface area contributed by atoms with E-state index in [-0.39, 0.29) is 19.0 Å². The standard InChI is InChI=1S/C11H15NO3/c1-8(13)7-15-11(14)6-9-2-4-10(12)5-3-9/h2-5,8,13H,6-7,12H2,1H3. The zero-order chi connectivity index (χ0) is 11.3. The van der Waals surface area contributed by atoms with E-state index in [0.717, 1.165) is 5.56 Å². The van der Waals surface area contributed by atoms with Gasteiger partial charge in [0.05, 0.1) is 12.5 Å². The molecule has 1 aromatic rings. The Labute approximate surface area is 88.7 Å². The molecule has 0 saturated carbocycles. The normalized spacial score (nSPS) is 12.1. The number of anilines is 1. The zero-order valence-corrected chi connectivity index (χ0v) is 8.64. The van der Waals surface area contributed by atoms with Gasteiger partial charge in [-0.05, 0) is 24.6 Å². The summed E-state index contributed by atoms with van der Waals surface area (Å²) in [5.74, 6) is -0.347. The quantitative estimate of drug-likeness (QED) is 0.566. The largest absolute Gasteiger partial charge is 0.463 e. The van der Waals surface area contributed by atoms with E-state index in [1.54, 1.807) is 31.2 Å². The van der Waals surface area contributed by atoms with Crippen molar-refractivity contribution >= 4 is 11.7 Å². The highest BCUT2D eigenvalue weighted by atomic mass is 16.5. The molecule has 4 heteroatoms. The van der Waals surface area contributed by atoms with E-state index in [2.05, 4.69) is 0 Å². The number of esters is 1. The van der Waals surface area contributed by atoms with Gasteiger partial charge in [-0.25, -0.2) is 0 Å². The number of aliphatic hydroxyl groups excluding tert-OH is 1. The zero-order valence-electron chi connectivity index (χ0n) is 8.64. The number of aliphatic hydroxyl groups is 1. The molecular weight excluding hydrogens is 194 g/mol. The Bertz CT molecular complexity index is 319. The molecule has 1 rings (SSSR count). The summed E-state index contributed by atoms with van der Waals surface area (Å²) >= 11 is 0. The number of hydrogen-bond acceptors (Lipinski definition) is 4. The predicted molar refractivity (Wildman–Crippen MR) is 57.2 cm³/mol. The Hall–Kier alpha value is -1.55. The van der Waals surface area contributed by atoms with E-state index in [4.69, 9.17) is 15.6 Å². The average molecular weight is 209 g/mol. The number of nitrogens with two attached hydrogens (primary N) is 1. The van der Waals surface area contributed by atoms with Gasteiger partial charge >= 0.3 is 5.97 Å². The van der Waals surface area contributed by atoms with Crippen LogP contribution in [-0.2, 0) is 16.0 Å². The lowest BCUT2D eigenvalue weighted by molar-refractivity contribution is -0.145. The van der Waals surface area contributed by atoms with Crippen LogP contribution in [0.4, 0.5) is 5.69 Å². The van der Waals surface area contributed by atoms with Crippen LogP contribution in [0.15, 0.2) is 24.3 Å². The fraction of sp³-hybridized carbons (Fsp3) is 0.364. The van der Waals surface area contributed by atoms with Gasteiger partial charge in [-0.3, -0.25) is 4.79 Å². The van der Waals surface area contributed by atoms with E-state index in [0.29, 0.717) is 5.69 Å². The van der Waals surface area contributed by atoms with Crippen molar-refractivity contribution < 1.29 is 14.6 Å². The Morgan fingerprint density at radius 3 is 2.60 bits per heavy atom. The van der Waals surface area contributed by atoms with Crippen LogP contribution in [0.25, 0.3) is 0 Å². The first-order valence-electron chi connectivity index (χ1n) is 4.76. The van der Waals surface area contributed by atoms with Crippen molar-refractivity contribution in [1.29, 1.82) is 0 Å². The molecule has 0 aromatic heterocycles. The van der Waals surface area contributed by atoms with E-state index < -0.39 is 6.10 Å². The third kappa shape index (κ3) is 4.46. The van der Waals surface area contributed by atoms with Gasteiger partial charge in [0, 0.05) is 5.69 Å². The summed E-state index contributed by atoms with van der Waals surface area (Å²) in [6.07, 6.45) is -0.423. The molecular formula is C11H15NO3. The lowest BCUT2D eigenvalue weighted by Gasteiger charge is -2.06. The van der Waals surface area contributed by atoms with Gasteiger partial charge in [-0.15, -0.1) is 0 Å². The Morgan fingerprint density at radius 2 is 2.07 bits per heavy atom. The molecule has 82 valence electrons. The van der Waals surface area contributed by atoms with Gasteiger partial charge in [-0.2, -0.15) is 0 Å². The van der Waals surface area contributed by atoms with Crippen molar-refractivity contribution in [2.75, 3.05) is 12.3 Å². The molecule has 1 atom stereocenters. The fourth-order valence-electron chi connectivity index (χ4n) is 1.07. The minimum Gasteiger partial charge on any atom is -0.463 e. The second-order valence-corrected chi connectivity index (χ2v) is 3.45. The summed E-state index contributed by atoms with van der Waals surface area (Å²) in [6, 6.07) is 7.02. The lowest BCUT2D eigenvalue weighted by atomic mass is 10.1. The highest BCUT2D eigenvalue weighted by Gasteiger charge is 2.06. The molecule has 0 amide bonds. The highest BCUT2D eigenvalue weighted by Crippen LogP contribution is 2.06. The second-order valence-electron chi connectivity index (χ2n) is 3.45. The van der Waals surface area contributed by atoms with Crippen LogP contribution < -0.4 is 5.73 Å². The molecule has 0 heterocycles. The Kier molecular flexibility index (Phi) is 4.12. The van der Waals surface area contributed by atoms with Crippen molar-refractivity contribution in [3.8, 4) is 0 Å². The van der Waals surface area contributed by atoms with Crippen LogP contribution in [0.1, 0.15) is 12.5 Å². The van der Waals surface area contributed by atoms with E-state index in [1.165, 1.54) is 0 Å². The molecule has 0 bridgehead atoms. The van der Waals surface area contributed by atoms with Crippen molar-refractivity contribution in [3.63, 3.8) is 0 Å². The maximum Gasteiger partial charge on any atom is 0.310 e. The molecule has 0 saturated heterocycles. The average Bonchev–Trinajstić information content (AvgIpc) is 2.19. The first-order valence-corrected chi connectivity index (χ1v) is 4.76. The van der Waals surface area contributed by atoms with Crippen molar-refractivity contribution in [1.82, 2.24) is 0 Å². The summed E-state index contributed by atoms with van der Waals surface area (Å²) in [6.45, 7) is 1.60. The fourth-order valence-corrected chi connectivity index (χ4v) is 1.07. The molecule has 15 heavy (non-hydrogen) atoms. The SMILES string of the molecule is CC(O)COC(=O)Cc1ccc(N)cc1. The Balaban J connectivity index is 2.41. The maximum atomic E-state index is 11.2. The van der Waals surface area contributed by atoms with Crippen LogP contribution in [0, 0.1) is 0 Å². The summed E-state index contributed by atoms with van der Waals surface area (Å²) in [5, 5.41) is 8.91. The Morgan fingerprint density at radius 1 is 1.47 bits per heavy atom. The lowest BCUT2D eigenvalue weighted by Crippen LogP contribution is -2.16. The first kappa shape index (κ1) is 11.5. The summed E-state index contributed by atoms with van der Waals surface area (Å²) in [4.78, 5) is 11.2. The summed E-state index contributed by atoms with van der Waals surface area (Å²) < 4.78 is 4.82. The molecule has 0 spiro atoms. The van der Waals surface area contributed by atoms with Crippen LogP contribution in [0.3, 0.4) is 0 Å². The number of carbonyl (C=O) groups excluding carboxylic acids is 1. The third-order valence-electron chi connectivity index (χ3n) is 1.81. The molecule has 4 nitrogen and oxygen atoms in total. The smallest absolute Gasteiger partial charge is 0.310 e. The summed E-state index contributed by atoms with van der Waals surface area (Å²) in [5.41, 5.74) is 7.02. The van der Waals surface area contributed by atoms with Gasteiger partial charge in [0.25, 0.3) is 0 Å². The number of carbonyl (C=O) groups is 1. The number of ether oxygens (including phenoxy) is 1. The van der Waals surface area contributed by atoms with Gasteiger partial charge in [0.2, 0.25) is 0 Å². The predicted octanol–water partition coefficient (Wildman–Crippen LogP) is 0.735. The molecule has 0 radical (unpaired) electrons. The monoisotopic (exact) mass is 209 g/mol. The molecule has 0 aliphatic carbocycles. The molecule has 0 aliphatic rings. The highest BCUT2D eigenvalue weighted by molar-refractivity contribution is 5.72. The number of benzene rings is 1. The van der Waals surface area contributed by atoms with Crippen LogP contribution in [-0.4, -0.2) is 23.8 Å². The molecule has 0 fully saturated rings. The van der Waals surface area contributed by atoms with Crippen molar-refractivity contribution in [2.24, 2.45) is 0 Å². The van der Waals surface area contributed by atoms with Crippen molar-refractivity contribution in [3.05, 3.63) is 29.8 Å². The molecule has 1 unspecified atom stereocenters. The van der Waals surface area contributed by atoms with Gasteiger partial charge in [-0.1, -0.05) is 12.1 Å². The van der Waals surface area contributed by atoms with Gasteiger partial charge < -0.3 is 15.6 Å². The van der Waals surface area contributed by atoms with E-state index >= 15 is 0 Å². The second kappa shape index (κ2) is 5.36. The van der Waals surface area contributed by atoms with Crippen LogP contribution in [0.2, 0.25) is 0 Å². The first-order chi connectivity index (χ1) is 7.08. The van der Waals surface area contributed by atoms with E-state index in [1.807, 2.05) is 0 Å². The maximum absolute atomic E-state index is 11.2. The minimum atomic E-state index is -0.625. The third-order valence-corrected chi connectivity index (χ3v) is 1.81. The van der Waals surface area contributed by atoms with Gasteiger partial charge in [0.15, 0.2) is 0 Å². The van der Waals surface area contributed by atoms with Crippen LogP contribution in [0.5, 0.6) is 0 Å². The molecule has 1 aromatic carbocycles. The van der Waals surface area contributed by atoms with Crippen molar-refractivity contribution in [2.45, 2.75) is 19.4 Å².